The van der Waals surface area contributed by atoms with E-state index in [0.29, 0.717) is 18.7 Å². The van der Waals surface area contributed by atoms with Gasteiger partial charge >= 0.3 is 0 Å². The number of para-hydroxylation sites is 1. The molecular weight excluding hydrogens is 438 g/mol. The number of hydrogen-bond donors (Lipinski definition) is 2. The number of imidazole rings is 1. The number of carbonyl (C=O) groups excluding carboxylic acids is 1. The molecule has 2 N–H and O–H groups in total. The molecule has 0 aliphatic heterocycles. The molecule has 1 aromatic heterocycles. The maximum atomic E-state index is 13.4. The van der Waals surface area contributed by atoms with Gasteiger partial charge in [0.2, 0.25) is 5.62 Å². The van der Waals surface area contributed by atoms with Gasteiger partial charge < -0.3 is 19.0 Å². The maximum absolute atomic E-state index is 13.4. The first-order valence-corrected chi connectivity index (χ1v) is 12.2. The van der Waals surface area contributed by atoms with E-state index in [4.69, 9.17) is 10.1 Å². The van der Waals surface area contributed by atoms with Crippen molar-refractivity contribution in [2.45, 2.75) is 78.8 Å². The van der Waals surface area contributed by atoms with Crippen molar-refractivity contribution in [2.75, 3.05) is 6.61 Å². The van der Waals surface area contributed by atoms with Gasteiger partial charge in [-0.15, -0.1) is 0 Å². The molecule has 188 valence electrons. The van der Waals surface area contributed by atoms with Crippen LogP contribution in [0.2, 0.25) is 0 Å². The monoisotopic (exact) mass is 477 g/mol. The van der Waals surface area contributed by atoms with Crippen LogP contribution in [0.5, 0.6) is 11.5 Å². The van der Waals surface area contributed by atoms with Crippen LogP contribution in [0.3, 0.4) is 0 Å². The van der Waals surface area contributed by atoms with E-state index in [1.807, 2.05) is 72.0 Å². The zero-order valence-electron chi connectivity index (χ0n) is 22.1. The molecule has 6 nitrogen and oxygen atoms in total. The van der Waals surface area contributed by atoms with Crippen LogP contribution in [0.25, 0.3) is 0 Å². The van der Waals surface area contributed by atoms with Crippen molar-refractivity contribution in [3.63, 3.8) is 0 Å². The van der Waals surface area contributed by atoms with Crippen LogP contribution in [-0.2, 0) is 23.9 Å². The fraction of sp³-hybridized carbons (Fsp3) is 0.448. The lowest BCUT2D eigenvalue weighted by Crippen LogP contribution is -2.28. The van der Waals surface area contributed by atoms with E-state index >= 15 is 0 Å². The van der Waals surface area contributed by atoms with Crippen LogP contribution in [-0.4, -0.2) is 26.6 Å². The predicted octanol–water partition coefficient (Wildman–Crippen LogP) is 5.79. The summed E-state index contributed by atoms with van der Waals surface area (Å²) in [5, 5.41) is 19.6. The lowest BCUT2D eigenvalue weighted by Gasteiger charge is -2.28. The smallest absolute Gasteiger partial charge is 0.202 e. The summed E-state index contributed by atoms with van der Waals surface area (Å²) < 4.78 is 9.31. The number of carbonyl (C=O) groups is 1. The van der Waals surface area contributed by atoms with Crippen LogP contribution in [0.15, 0.2) is 48.8 Å². The Hall–Kier alpha value is -3.28. The van der Waals surface area contributed by atoms with Crippen molar-refractivity contribution >= 4 is 5.78 Å². The van der Waals surface area contributed by atoms with Gasteiger partial charge in [-0.3, -0.25) is 10.2 Å². The van der Waals surface area contributed by atoms with Gasteiger partial charge in [0.25, 0.3) is 0 Å². The standard InChI is InChI=1S/C29H39N3O3/c1-8-15-35-25-12-10-9-11-20(25)18-31-13-14-32(27(31)30)19-24(33)21-16-22(28(2,3)4)26(34)23(17-21)29(5,6)7/h9-14,16-17,30,34H,8,15,18-19H2,1-7H3. The summed E-state index contributed by atoms with van der Waals surface area (Å²) in [6.45, 7) is 15.4. The second-order valence-electron chi connectivity index (χ2n) is 11.2. The summed E-state index contributed by atoms with van der Waals surface area (Å²) in [4.78, 5) is 13.4. The van der Waals surface area contributed by atoms with E-state index in [1.165, 1.54) is 0 Å². The second-order valence-corrected chi connectivity index (χ2v) is 11.2. The molecule has 0 amide bonds. The summed E-state index contributed by atoms with van der Waals surface area (Å²) in [6.07, 6.45) is 4.52. The first kappa shape index (κ1) is 26.3. The van der Waals surface area contributed by atoms with Crippen LogP contribution in [0, 0.1) is 5.41 Å². The molecule has 0 aliphatic carbocycles. The van der Waals surface area contributed by atoms with Crippen molar-refractivity contribution in [3.8, 4) is 11.5 Å². The Kier molecular flexibility index (Phi) is 7.63. The summed E-state index contributed by atoms with van der Waals surface area (Å²) in [5.41, 5.74) is 2.67. The lowest BCUT2D eigenvalue weighted by atomic mass is 9.78. The van der Waals surface area contributed by atoms with Crippen molar-refractivity contribution < 1.29 is 14.6 Å². The minimum Gasteiger partial charge on any atom is -0.507 e. The first-order chi connectivity index (χ1) is 16.3. The molecule has 1 heterocycles. The molecule has 0 fully saturated rings. The van der Waals surface area contributed by atoms with Gasteiger partial charge in [-0.05, 0) is 35.4 Å². The van der Waals surface area contributed by atoms with Gasteiger partial charge in [0.15, 0.2) is 5.78 Å². The Morgan fingerprint density at radius 3 is 2.11 bits per heavy atom. The minimum atomic E-state index is -0.315. The molecule has 0 atom stereocenters. The zero-order chi connectivity index (χ0) is 26.0. The number of phenolic OH excluding ortho intramolecular Hbond substituents is 1. The Bertz CT molecular complexity index is 1220. The van der Waals surface area contributed by atoms with E-state index < -0.39 is 0 Å². The van der Waals surface area contributed by atoms with E-state index in [0.717, 1.165) is 28.9 Å². The number of hydrogen-bond acceptors (Lipinski definition) is 4. The van der Waals surface area contributed by atoms with Crippen molar-refractivity contribution in [3.05, 3.63) is 76.7 Å². The molecular formula is C29H39N3O3. The summed E-state index contributed by atoms with van der Waals surface area (Å²) in [7, 11) is 0. The highest BCUT2D eigenvalue weighted by Gasteiger charge is 2.28. The summed E-state index contributed by atoms with van der Waals surface area (Å²) >= 11 is 0. The SMILES string of the molecule is CCCOc1ccccc1Cn1ccn(CC(=O)c2cc(C(C)(C)C)c(O)c(C(C)(C)C)c2)c1=N. The Balaban J connectivity index is 1.90. The predicted molar refractivity (Wildman–Crippen MR) is 139 cm³/mol. The molecule has 3 rings (SSSR count). The molecule has 0 radical (unpaired) electrons. The summed E-state index contributed by atoms with van der Waals surface area (Å²) in [6, 6.07) is 11.5. The average Bonchev–Trinajstić information content (AvgIpc) is 3.10. The Labute approximate surface area is 208 Å². The topological polar surface area (TPSA) is 80.2 Å². The van der Waals surface area contributed by atoms with E-state index in [-0.39, 0.29) is 34.5 Å². The zero-order valence-corrected chi connectivity index (χ0v) is 22.1. The molecule has 2 aromatic carbocycles. The number of ether oxygens (including phenoxy) is 1. The molecule has 0 saturated carbocycles. The number of rotatable bonds is 8. The number of aromatic hydroxyl groups is 1. The highest BCUT2D eigenvalue weighted by molar-refractivity contribution is 5.96. The fourth-order valence-electron chi connectivity index (χ4n) is 4.08. The Morgan fingerprint density at radius 1 is 0.971 bits per heavy atom. The number of aromatic nitrogens is 2. The highest BCUT2D eigenvalue weighted by Crippen LogP contribution is 2.39. The van der Waals surface area contributed by atoms with Gasteiger partial charge in [-0.25, -0.2) is 0 Å². The van der Waals surface area contributed by atoms with E-state index in [1.54, 1.807) is 27.5 Å². The first-order valence-electron chi connectivity index (χ1n) is 12.2. The molecule has 3 aromatic rings. The molecule has 0 spiro atoms. The van der Waals surface area contributed by atoms with Gasteiger partial charge in [0.1, 0.15) is 11.5 Å². The van der Waals surface area contributed by atoms with E-state index in [2.05, 4.69) is 6.92 Å². The van der Waals surface area contributed by atoms with Crippen molar-refractivity contribution in [1.29, 1.82) is 5.41 Å². The number of ketones is 1. The molecule has 6 heteroatoms. The highest BCUT2D eigenvalue weighted by atomic mass is 16.5. The van der Waals surface area contributed by atoms with Crippen LogP contribution in [0.4, 0.5) is 0 Å². The third-order valence-corrected chi connectivity index (χ3v) is 6.11. The molecule has 0 saturated heterocycles. The van der Waals surface area contributed by atoms with Gasteiger partial charge in [-0.1, -0.05) is 66.7 Å². The number of Topliss-reactive ketones (excluding diaryl/α,β-unsaturated/α-hetero) is 1. The fourth-order valence-corrected chi connectivity index (χ4v) is 4.08. The number of nitrogens with one attached hydrogen (secondary N) is 1. The Morgan fingerprint density at radius 2 is 1.54 bits per heavy atom. The average molecular weight is 478 g/mol. The normalized spacial score (nSPS) is 12.1. The second kappa shape index (κ2) is 10.1. The quantitative estimate of drug-likeness (QED) is 0.403. The maximum Gasteiger partial charge on any atom is 0.202 e. The van der Waals surface area contributed by atoms with Gasteiger partial charge in [0.05, 0.1) is 19.7 Å². The molecule has 0 aliphatic rings. The van der Waals surface area contributed by atoms with Gasteiger partial charge in [0, 0.05) is 34.6 Å². The van der Waals surface area contributed by atoms with Crippen LogP contribution >= 0.6 is 0 Å². The van der Waals surface area contributed by atoms with Gasteiger partial charge in [-0.2, -0.15) is 0 Å². The van der Waals surface area contributed by atoms with Crippen LogP contribution < -0.4 is 10.4 Å². The molecule has 0 unspecified atom stereocenters. The number of phenols is 1. The van der Waals surface area contributed by atoms with Crippen molar-refractivity contribution in [2.24, 2.45) is 0 Å². The van der Waals surface area contributed by atoms with Crippen LogP contribution in [0.1, 0.15) is 81.9 Å². The molecule has 35 heavy (non-hydrogen) atoms. The third-order valence-electron chi connectivity index (χ3n) is 6.11. The lowest BCUT2D eigenvalue weighted by molar-refractivity contribution is 0.0969. The number of nitrogens with zero attached hydrogens (tertiary/aromatic N) is 2. The van der Waals surface area contributed by atoms with E-state index in [9.17, 15) is 9.90 Å². The summed E-state index contributed by atoms with van der Waals surface area (Å²) in [5.74, 6) is 0.980. The molecule has 0 bridgehead atoms. The third kappa shape index (κ3) is 6.05. The minimum absolute atomic E-state index is 0.0533. The number of benzene rings is 2. The van der Waals surface area contributed by atoms with Crippen molar-refractivity contribution in [1.82, 2.24) is 9.13 Å². The largest absolute Gasteiger partial charge is 0.507 e.